The van der Waals surface area contributed by atoms with E-state index in [1.165, 1.54) is 6.92 Å². The summed E-state index contributed by atoms with van der Waals surface area (Å²) in [5.74, 6) is -4.79. The van der Waals surface area contributed by atoms with Crippen molar-refractivity contribution in [3.63, 3.8) is 0 Å². The topological polar surface area (TPSA) is 9.23 Å². The van der Waals surface area contributed by atoms with E-state index in [0.29, 0.717) is 0 Å². The summed E-state index contributed by atoms with van der Waals surface area (Å²) in [6.07, 6.45) is -5.19. The Labute approximate surface area is 84.9 Å². The highest BCUT2D eigenvalue weighted by atomic mass is 19.4. The quantitative estimate of drug-likeness (QED) is 0.400. The van der Waals surface area contributed by atoms with E-state index >= 15 is 0 Å². The first kappa shape index (κ1) is 14.3. The van der Waals surface area contributed by atoms with E-state index in [4.69, 9.17) is 0 Å². The third-order valence-corrected chi connectivity index (χ3v) is 1.73. The lowest BCUT2D eigenvalue weighted by molar-refractivity contribution is -0.265. The maximum Gasteiger partial charge on any atom is 0.457 e. The van der Waals surface area contributed by atoms with Gasteiger partial charge in [0.25, 0.3) is 0 Å². The highest BCUT2D eigenvalue weighted by Crippen LogP contribution is 2.41. The van der Waals surface area contributed by atoms with Crippen molar-refractivity contribution in [3.05, 3.63) is 18.6 Å². The standard InChI is InChI=1S/C9H12F5O/c1-3-7(5-6-15-4-2)8(10,11)9(12,13)14/h5H,2-4,6H2,1H3. The number of ether oxygens (including phenoxy) is 1. The van der Waals surface area contributed by atoms with Crippen molar-refractivity contribution >= 4 is 0 Å². The van der Waals surface area contributed by atoms with Crippen molar-refractivity contribution in [2.24, 2.45) is 0 Å². The second kappa shape index (κ2) is 5.44. The summed E-state index contributed by atoms with van der Waals surface area (Å²) in [5.41, 5.74) is -0.983. The summed E-state index contributed by atoms with van der Waals surface area (Å²) in [6, 6.07) is 0. The number of allylic oxidation sites excluding steroid dienone is 1. The van der Waals surface area contributed by atoms with Crippen LogP contribution in [-0.4, -0.2) is 25.3 Å². The van der Waals surface area contributed by atoms with Gasteiger partial charge < -0.3 is 4.74 Å². The summed E-state index contributed by atoms with van der Waals surface area (Å²) in [4.78, 5) is 0. The zero-order chi connectivity index (χ0) is 12.1. The Kier molecular flexibility index (Phi) is 5.20. The van der Waals surface area contributed by atoms with E-state index in [-0.39, 0.29) is 19.6 Å². The molecule has 0 atom stereocenters. The molecule has 0 amide bonds. The van der Waals surface area contributed by atoms with Crippen molar-refractivity contribution < 1.29 is 26.7 Å². The lowest BCUT2D eigenvalue weighted by Crippen LogP contribution is -2.38. The maximum atomic E-state index is 12.8. The molecule has 1 radical (unpaired) electrons. The van der Waals surface area contributed by atoms with Gasteiger partial charge in [-0.15, -0.1) is 0 Å². The summed E-state index contributed by atoms with van der Waals surface area (Å²) < 4.78 is 65.9. The van der Waals surface area contributed by atoms with E-state index in [1.807, 2.05) is 0 Å². The van der Waals surface area contributed by atoms with Gasteiger partial charge in [0, 0.05) is 12.2 Å². The number of alkyl halides is 5. The van der Waals surface area contributed by atoms with Gasteiger partial charge in [-0.05, 0) is 13.3 Å². The lowest BCUT2D eigenvalue weighted by atomic mass is 10.1. The zero-order valence-corrected chi connectivity index (χ0v) is 8.20. The fraction of sp³-hybridized carbons (Fsp3) is 0.667. The van der Waals surface area contributed by atoms with Crippen LogP contribution in [0.1, 0.15) is 13.3 Å². The Morgan fingerprint density at radius 3 is 2.13 bits per heavy atom. The molecule has 0 bridgehead atoms. The zero-order valence-electron chi connectivity index (χ0n) is 8.20. The number of rotatable bonds is 5. The van der Waals surface area contributed by atoms with Crippen LogP contribution in [0.3, 0.4) is 0 Å². The Hall–Kier alpha value is -0.650. The van der Waals surface area contributed by atoms with Gasteiger partial charge in [0.1, 0.15) is 0 Å². The fourth-order valence-electron chi connectivity index (χ4n) is 0.919. The minimum absolute atomic E-state index is 0.0189. The Balaban J connectivity index is 4.72. The monoisotopic (exact) mass is 231 g/mol. The van der Waals surface area contributed by atoms with E-state index < -0.39 is 17.7 Å². The van der Waals surface area contributed by atoms with Crippen molar-refractivity contribution in [1.29, 1.82) is 0 Å². The average molecular weight is 231 g/mol. The molecular formula is C9H12F5O. The number of hydrogen-bond acceptors (Lipinski definition) is 1. The van der Waals surface area contributed by atoms with Crippen LogP contribution in [0.15, 0.2) is 11.6 Å². The number of hydrogen-bond donors (Lipinski definition) is 0. The molecular weight excluding hydrogens is 219 g/mol. The first-order chi connectivity index (χ1) is 6.77. The van der Waals surface area contributed by atoms with Gasteiger partial charge in [0.15, 0.2) is 0 Å². The summed E-state index contributed by atoms with van der Waals surface area (Å²) in [6.45, 7) is 4.22. The van der Waals surface area contributed by atoms with Crippen molar-refractivity contribution in [3.8, 4) is 0 Å². The Morgan fingerprint density at radius 1 is 1.27 bits per heavy atom. The van der Waals surface area contributed by atoms with Crippen molar-refractivity contribution in [1.82, 2.24) is 0 Å². The summed E-state index contributed by atoms with van der Waals surface area (Å²) >= 11 is 0. The van der Waals surface area contributed by atoms with Gasteiger partial charge in [0.05, 0.1) is 6.61 Å². The predicted octanol–water partition coefficient (Wildman–Crippen LogP) is 3.37. The predicted molar refractivity (Wildman–Crippen MR) is 45.6 cm³/mol. The Morgan fingerprint density at radius 2 is 1.80 bits per heavy atom. The van der Waals surface area contributed by atoms with Crippen LogP contribution in [0, 0.1) is 6.92 Å². The van der Waals surface area contributed by atoms with Crippen LogP contribution in [-0.2, 0) is 4.74 Å². The molecule has 0 aliphatic heterocycles. The van der Waals surface area contributed by atoms with Gasteiger partial charge in [0.2, 0.25) is 0 Å². The lowest BCUT2D eigenvalue weighted by Gasteiger charge is -2.21. The van der Waals surface area contributed by atoms with Crippen LogP contribution >= 0.6 is 0 Å². The summed E-state index contributed by atoms with van der Waals surface area (Å²) in [5, 5.41) is 0. The molecule has 0 unspecified atom stereocenters. The molecule has 6 heteroatoms. The first-order valence-corrected chi connectivity index (χ1v) is 4.28. The maximum absolute atomic E-state index is 12.8. The molecule has 89 valence electrons. The molecule has 15 heavy (non-hydrogen) atoms. The minimum atomic E-state index is -5.56. The molecule has 0 saturated heterocycles. The van der Waals surface area contributed by atoms with Gasteiger partial charge >= 0.3 is 12.1 Å². The summed E-state index contributed by atoms with van der Waals surface area (Å²) in [7, 11) is 0. The van der Waals surface area contributed by atoms with Gasteiger partial charge in [-0.25, -0.2) is 0 Å². The van der Waals surface area contributed by atoms with Gasteiger partial charge in [-0.3, -0.25) is 0 Å². The largest absolute Gasteiger partial charge is 0.457 e. The molecule has 0 saturated carbocycles. The van der Waals surface area contributed by atoms with E-state index in [1.54, 1.807) is 0 Å². The minimum Gasteiger partial charge on any atom is -0.377 e. The van der Waals surface area contributed by atoms with Gasteiger partial charge in [-0.2, -0.15) is 22.0 Å². The molecule has 0 aromatic rings. The average Bonchev–Trinajstić information content (AvgIpc) is 2.10. The molecule has 0 aromatic carbocycles. The molecule has 0 spiro atoms. The van der Waals surface area contributed by atoms with Gasteiger partial charge in [-0.1, -0.05) is 13.0 Å². The molecule has 0 rings (SSSR count). The van der Waals surface area contributed by atoms with Crippen molar-refractivity contribution in [2.75, 3.05) is 13.2 Å². The van der Waals surface area contributed by atoms with Crippen LogP contribution in [0.5, 0.6) is 0 Å². The molecule has 0 N–H and O–H groups in total. The second-order valence-corrected chi connectivity index (χ2v) is 2.73. The third kappa shape index (κ3) is 3.77. The van der Waals surface area contributed by atoms with E-state index in [9.17, 15) is 22.0 Å². The molecule has 0 aliphatic rings. The first-order valence-electron chi connectivity index (χ1n) is 4.28. The molecule has 0 aromatic heterocycles. The molecule has 0 fully saturated rings. The van der Waals surface area contributed by atoms with Crippen LogP contribution in [0.4, 0.5) is 22.0 Å². The van der Waals surface area contributed by atoms with Crippen molar-refractivity contribution in [2.45, 2.75) is 25.4 Å². The van der Waals surface area contributed by atoms with E-state index in [0.717, 1.165) is 6.08 Å². The molecule has 0 aliphatic carbocycles. The third-order valence-electron chi connectivity index (χ3n) is 1.73. The van der Waals surface area contributed by atoms with Crippen LogP contribution < -0.4 is 0 Å². The fourth-order valence-corrected chi connectivity index (χ4v) is 0.919. The highest BCUT2D eigenvalue weighted by molar-refractivity contribution is 5.15. The molecule has 0 heterocycles. The number of halogens is 5. The highest BCUT2D eigenvalue weighted by Gasteiger charge is 2.59. The normalized spacial score (nSPS) is 14.5. The Bertz CT molecular complexity index is 219. The van der Waals surface area contributed by atoms with Crippen LogP contribution in [0.25, 0.3) is 0 Å². The SMILES string of the molecule is [CH2]COCC=C(CC)C(F)(F)C(F)(F)F. The van der Waals surface area contributed by atoms with E-state index in [2.05, 4.69) is 11.7 Å². The second-order valence-electron chi connectivity index (χ2n) is 2.73. The van der Waals surface area contributed by atoms with Crippen LogP contribution in [0.2, 0.25) is 0 Å². The smallest absolute Gasteiger partial charge is 0.377 e. The molecule has 1 nitrogen and oxygen atoms in total.